The number of hydrogen-bond acceptors (Lipinski definition) is 6. The lowest BCUT2D eigenvalue weighted by Gasteiger charge is -2.29. The van der Waals surface area contributed by atoms with Crippen molar-refractivity contribution in [3.63, 3.8) is 0 Å². The molecule has 2 aliphatic rings. The summed E-state index contributed by atoms with van der Waals surface area (Å²) in [4.78, 5) is 19.2. The number of rotatable bonds is 7. The number of pyridine rings is 1. The first kappa shape index (κ1) is 22.2. The zero-order valence-electron chi connectivity index (χ0n) is 19.0. The Hall–Kier alpha value is -2.65. The molecule has 5 rings (SSSR count). The summed E-state index contributed by atoms with van der Waals surface area (Å²) in [5.41, 5.74) is 2.03. The lowest BCUT2D eigenvalue weighted by Crippen LogP contribution is -2.37. The first-order valence-electron chi connectivity index (χ1n) is 11.4. The van der Waals surface area contributed by atoms with Gasteiger partial charge in [0.2, 0.25) is 5.56 Å². The quantitative estimate of drug-likeness (QED) is 0.423. The number of aromatic amines is 1. The Morgan fingerprint density at radius 1 is 1.24 bits per heavy atom. The van der Waals surface area contributed by atoms with Crippen molar-refractivity contribution in [2.24, 2.45) is 12.5 Å². The number of thioether (sulfide) groups is 1. The molecule has 2 fully saturated rings. The van der Waals surface area contributed by atoms with Crippen LogP contribution in [0.5, 0.6) is 0 Å². The topological polar surface area (TPSA) is 70.0 Å². The zero-order chi connectivity index (χ0) is 23.0. The van der Waals surface area contributed by atoms with E-state index in [0.717, 1.165) is 54.8 Å². The number of nitrogens with zero attached hydrogens (tertiary/aromatic N) is 5. The third-order valence-electron chi connectivity index (χ3n) is 7.00. The Labute approximate surface area is 197 Å². The number of anilines is 1. The van der Waals surface area contributed by atoms with Crippen LogP contribution in [0.4, 0.5) is 10.1 Å². The molecule has 174 valence electrons. The molecule has 0 saturated carbocycles. The van der Waals surface area contributed by atoms with E-state index in [9.17, 15) is 9.18 Å². The first-order chi connectivity index (χ1) is 15.9. The van der Waals surface area contributed by atoms with Crippen LogP contribution < -0.4 is 10.5 Å². The number of fused-ring (bicyclic) bond motifs is 1. The van der Waals surface area contributed by atoms with E-state index in [1.807, 2.05) is 29.8 Å². The maximum atomic E-state index is 13.4. The summed E-state index contributed by atoms with van der Waals surface area (Å²) in [6, 6.07) is 10.8. The fourth-order valence-electron chi connectivity index (χ4n) is 5.24. The molecule has 0 amide bonds. The van der Waals surface area contributed by atoms with Gasteiger partial charge in [0.25, 0.3) is 0 Å². The summed E-state index contributed by atoms with van der Waals surface area (Å²) in [5.74, 6) is 1.48. The minimum atomic E-state index is -0.182. The lowest BCUT2D eigenvalue weighted by atomic mass is 9.85. The molecule has 7 nitrogen and oxygen atoms in total. The summed E-state index contributed by atoms with van der Waals surface area (Å²) in [7, 11) is 1.94. The van der Waals surface area contributed by atoms with E-state index in [-0.39, 0.29) is 16.8 Å². The Balaban J connectivity index is 1.14. The van der Waals surface area contributed by atoms with E-state index < -0.39 is 0 Å². The maximum absolute atomic E-state index is 13.4. The molecule has 1 N–H and O–H groups in total. The van der Waals surface area contributed by atoms with Crippen molar-refractivity contribution in [3.05, 3.63) is 58.8 Å². The number of benzene rings is 1. The van der Waals surface area contributed by atoms with E-state index in [1.54, 1.807) is 36.2 Å². The SMILES string of the molecule is Cn1c(SCCCN2C[C@@H]3N(c4ccc(F)cc4)CC[C@]3(C)C2)nnc1-c1cc[nH]c(=O)c1. The minimum Gasteiger partial charge on any atom is -0.367 e. The molecule has 0 unspecified atom stereocenters. The second-order valence-electron chi connectivity index (χ2n) is 9.33. The van der Waals surface area contributed by atoms with Crippen LogP contribution >= 0.6 is 11.8 Å². The van der Waals surface area contributed by atoms with Crippen LogP contribution in [0.2, 0.25) is 0 Å². The number of H-pyrrole nitrogens is 1. The monoisotopic (exact) mass is 468 g/mol. The molecule has 0 bridgehead atoms. The van der Waals surface area contributed by atoms with Crippen molar-refractivity contribution >= 4 is 17.4 Å². The maximum Gasteiger partial charge on any atom is 0.248 e. The van der Waals surface area contributed by atoms with Crippen molar-refractivity contribution in [3.8, 4) is 11.4 Å². The van der Waals surface area contributed by atoms with Gasteiger partial charge in [0.1, 0.15) is 5.82 Å². The highest BCUT2D eigenvalue weighted by Gasteiger charge is 2.49. The fraction of sp³-hybridized carbons (Fsp3) is 0.458. The molecule has 4 heterocycles. The van der Waals surface area contributed by atoms with E-state index in [1.165, 1.54) is 6.42 Å². The van der Waals surface area contributed by atoms with Crippen LogP contribution in [0.1, 0.15) is 19.8 Å². The van der Waals surface area contributed by atoms with E-state index in [2.05, 4.69) is 31.9 Å². The van der Waals surface area contributed by atoms with Crippen LogP contribution in [0.3, 0.4) is 0 Å². The molecule has 2 saturated heterocycles. The van der Waals surface area contributed by atoms with Crippen molar-refractivity contribution < 1.29 is 4.39 Å². The van der Waals surface area contributed by atoms with Crippen LogP contribution in [0.25, 0.3) is 11.4 Å². The summed E-state index contributed by atoms with van der Waals surface area (Å²) in [5, 5.41) is 9.45. The molecule has 3 aromatic rings. The molecular weight excluding hydrogens is 439 g/mol. The van der Waals surface area contributed by atoms with E-state index >= 15 is 0 Å². The molecular formula is C24H29FN6OS. The highest BCUT2D eigenvalue weighted by molar-refractivity contribution is 7.99. The van der Waals surface area contributed by atoms with Gasteiger partial charge in [-0.2, -0.15) is 0 Å². The van der Waals surface area contributed by atoms with Crippen LogP contribution in [0, 0.1) is 11.2 Å². The van der Waals surface area contributed by atoms with E-state index in [0.29, 0.717) is 11.9 Å². The number of halogens is 1. The summed E-state index contributed by atoms with van der Waals surface area (Å²) >= 11 is 1.70. The second-order valence-corrected chi connectivity index (χ2v) is 10.4. The van der Waals surface area contributed by atoms with Gasteiger partial charge in [0, 0.05) is 67.4 Å². The van der Waals surface area contributed by atoms with Crippen LogP contribution in [0.15, 0.2) is 52.5 Å². The number of aromatic nitrogens is 4. The van der Waals surface area contributed by atoms with Gasteiger partial charge >= 0.3 is 0 Å². The molecule has 33 heavy (non-hydrogen) atoms. The van der Waals surface area contributed by atoms with Crippen LogP contribution in [-0.2, 0) is 7.05 Å². The molecule has 9 heteroatoms. The molecule has 2 aliphatic heterocycles. The van der Waals surface area contributed by atoms with E-state index in [4.69, 9.17) is 0 Å². The molecule has 0 spiro atoms. The Bertz CT molecular complexity index is 1180. The van der Waals surface area contributed by atoms with Crippen molar-refractivity contribution in [2.45, 2.75) is 31.0 Å². The Morgan fingerprint density at radius 2 is 2.06 bits per heavy atom. The zero-order valence-corrected chi connectivity index (χ0v) is 19.8. The first-order valence-corrected chi connectivity index (χ1v) is 12.4. The second kappa shape index (κ2) is 8.95. The van der Waals surface area contributed by atoms with Gasteiger partial charge in [-0.15, -0.1) is 10.2 Å². The largest absolute Gasteiger partial charge is 0.367 e. The third kappa shape index (κ3) is 4.44. The fourth-order valence-corrected chi connectivity index (χ4v) is 6.07. The highest BCUT2D eigenvalue weighted by Crippen LogP contribution is 2.44. The molecule has 0 radical (unpaired) electrons. The predicted octanol–water partition coefficient (Wildman–Crippen LogP) is 3.39. The summed E-state index contributed by atoms with van der Waals surface area (Å²) < 4.78 is 15.3. The van der Waals surface area contributed by atoms with Crippen molar-refractivity contribution in [1.82, 2.24) is 24.6 Å². The number of hydrogen-bond donors (Lipinski definition) is 1. The number of likely N-dealkylation sites (tertiary alicyclic amines) is 1. The molecule has 2 atom stereocenters. The van der Waals surface area contributed by atoms with Gasteiger partial charge in [-0.1, -0.05) is 18.7 Å². The standard InChI is InChI=1S/C24H29FN6OS/c1-24-9-12-31(19-6-4-18(25)5-7-19)20(24)15-30(16-24)11-3-13-33-23-28-27-22(29(23)2)17-8-10-26-21(32)14-17/h4-8,10,14,20H,3,9,11-13,15-16H2,1-2H3,(H,26,32)/t20-,24+/m0/s1. The average molecular weight is 469 g/mol. The lowest BCUT2D eigenvalue weighted by molar-refractivity contribution is 0.276. The average Bonchev–Trinajstić information content (AvgIpc) is 3.42. The smallest absolute Gasteiger partial charge is 0.248 e. The highest BCUT2D eigenvalue weighted by atomic mass is 32.2. The molecule has 2 aromatic heterocycles. The summed E-state index contributed by atoms with van der Waals surface area (Å²) in [6.07, 6.45) is 3.86. The van der Waals surface area contributed by atoms with Gasteiger partial charge in [0.05, 0.1) is 0 Å². The van der Waals surface area contributed by atoms with Crippen molar-refractivity contribution in [1.29, 1.82) is 0 Å². The Kier molecular flexibility index (Phi) is 6.01. The molecule has 0 aliphatic carbocycles. The normalized spacial score (nSPS) is 22.8. The van der Waals surface area contributed by atoms with Gasteiger partial charge in [-0.25, -0.2) is 4.39 Å². The molecule has 1 aromatic carbocycles. The third-order valence-corrected chi connectivity index (χ3v) is 8.10. The van der Waals surface area contributed by atoms with Gasteiger partial charge in [-0.3, -0.25) is 4.79 Å². The van der Waals surface area contributed by atoms with Crippen molar-refractivity contribution in [2.75, 3.05) is 36.8 Å². The summed E-state index contributed by atoms with van der Waals surface area (Å²) in [6.45, 7) is 6.64. The van der Waals surface area contributed by atoms with Gasteiger partial charge < -0.3 is 19.4 Å². The van der Waals surface area contributed by atoms with Gasteiger partial charge in [0.15, 0.2) is 11.0 Å². The predicted molar refractivity (Wildman–Crippen MR) is 129 cm³/mol. The number of nitrogens with one attached hydrogen (secondary N) is 1. The Morgan fingerprint density at radius 3 is 2.85 bits per heavy atom. The van der Waals surface area contributed by atoms with Crippen LogP contribution in [-0.4, -0.2) is 62.6 Å². The minimum absolute atomic E-state index is 0.147. The van der Waals surface area contributed by atoms with Gasteiger partial charge in [-0.05, 0) is 49.7 Å².